The molecule has 0 heterocycles. The van der Waals surface area contributed by atoms with Crippen molar-refractivity contribution in [1.29, 1.82) is 0 Å². The van der Waals surface area contributed by atoms with Gasteiger partial charge in [0.2, 0.25) is 11.8 Å². The van der Waals surface area contributed by atoms with Gasteiger partial charge in [-0.05, 0) is 39.5 Å². The molecule has 0 saturated carbocycles. The van der Waals surface area contributed by atoms with Gasteiger partial charge in [-0.25, -0.2) is 0 Å². The van der Waals surface area contributed by atoms with Crippen LogP contribution in [0.2, 0.25) is 0 Å². The molecule has 0 aliphatic carbocycles. The van der Waals surface area contributed by atoms with Crippen molar-refractivity contribution in [2.24, 2.45) is 0 Å². The average Bonchev–Trinajstić information content (AvgIpc) is 3.10. The van der Waals surface area contributed by atoms with Crippen LogP contribution in [0.3, 0.4) is 0 Å². The van der Waals surface area contributed by atoms with Crippen LogP contribution in [0.1, 0.15) is 220 Å². The van der Waals surface area contributed by atoms with Crippen LogP contribution in [0, 0.1) is 0 Å². The number of rotatable bonds is 39. The molecular formula is C43H88N3O3+. The number of unbranched alkanes of at least 4 members (excludes halogenated alkanes) is 24. The number of aliphatic hydroxyl groups is 1. The van der Waals surface area contributed by atoms with E-state index in [4.69, 9.17) is 0 Å². The SMILES string of the molecule is CCCCCCCCCCCCCCCC(=O)NCC[N+](CC)(CC)CC(CCCO)NC(=O)CCCCCCCCCCCCCCC. The monoisotopic (exact) mass is 695 g/mol. The fourth-order valence-electron chi connectivity index (χ4n) is 7.33. The van der Waals surface area contributed by atoms with Crippen LogP contribution in [0.4, 0.5) is 0 Å². The van der Waals surface area contributed by atoms with Gasteiger partial charge >= 0.3 is 0 Å². The summed E-state index contributed by atoms with van der Waals surface area (Å²) in [4.78, 5) is 25.5. The highest BCUT2D eigenvalue weighted by molar-refractivity contribution is 5.76. The van der Waals surface area contributed by atoms with E-state index in [2.05, 4.69) is 38.3 Å². The van der Waals surface area contributed by atoms with Crippen molar-refractivity contribution in [2.45, 2.75) is 226 Å². The first-order chi connectivity index (χ1) is 24.0. The molecule has 1 atom stereocenters. The van der Waals surface area contributed by atoms with Crippen LogP contribution in [0.5, 0.6) is 0 Å². The molecule has 0 aromatic heterocycles. The van der Waals surface area contributed by atoms with E-state index in [1.165, 1.54) is 141 Å². The molecule has 0 bridgehead atoms. The summed E-state index contributed by atoms with van der Waals surface area (Å²) in [7, 11) is 0. The number of carbonyl (C=O) groups is 2. The summed E-state index contributed by atoms with van der Waals surface area (Å²) < 4.78 is 0.869. The topological polar surface area (TPSA) is 78.4 Å². The van der Waals surface area contributed by atoms with Crippen LogP contribution in [-0.2, 0) is 9.59 Å². The summed E-state index contributed by atoms with van der Waals surface area (Å²) in [6, 6.07) is 0.0584. The van der Waals surface area contributed by atoms with Crippen LogP contribution < -0.4 is 10.6 Å². The zero-order chi connectivity index (χ0) is 36.1. The molecule has 0 spiro atoms. The van der Waals surface area contributed by atoms with E-state index in [0.29, 0.717) is 25.8 Å². The Morgan fingerprint density at radius 1 is 0.510 bits per heavy atom. The van der Waals surface area contributed by atoms with Crippen LogP contribution in [0.15, 0.2) is 0 Å². The lowest BCUT2D eigenvalue weighted by Gasteiger charge is -2.40. The quantitative estimate of drug-likeness (QED) is 0.0443. The lowest BCUT2D eigenvalue weighted by molar-refractivity contribution is -0.924. The number of likely N-dealkylation sites (N-methyl/N-ethyl adjacent to an activating group) is 1. The van der Waals surface area contributed by atoms with Gasteiger partial charge in [-0.15, -0.1) is 0 Å². The minimum Gasteiger partial charge on any atom is -0.396 e. The molecule has 0 aliphatic rings. The van der Waals surface area contributed by atoms with E-state index < -0.39 is 0 Å². The summed E-state index contributed by atoms with van der Waals surface area (Å²) in [5, 5.41) is 16.1. The summed E-state index contributed by atoms with van der Waals surface area (Å²) in [5.74, 6) is 0.332. The van der Waals surface area contributed by atoms with Gasteiger partial charge in [-0.1, -0.05) is 168 Å². The van der Waals surface area contributed by atoms with E-state index in [-0.39, 0.29) is 24.5 Å². The molecule has 0 saturated heterocycles. The second kappa shape index (κ2) is 36.6. The Kier molecular flexibility index (Phi) is 35.8. The standard InChI is InChI=1S/C43H87N3O3/c1-5-9-11-13-15-17-19-21-23-25-27-29-31-35-42(48)44-37-38-46(7-3,8-4)40-41(34-33-39-47)45-43(49)36-32-30-28-26-24-22-20-18-16-14-12-10-6-2/h41,47H,5-40H2,1-4H3,(H-,44,45,48,49)/p+1. The van der Waals surface area contributed by atoms with Gasteiger partial charge in [0.25, 0.3) is 0 Å². The molecule has 49 heavy (non-hydrogen) atoms. The maximum absolute atomic E-state index is 12.9. The number of amides is 2. The number of nitrogens with zero attached hydrogens (tertiary/aromatic N) is 1. The number of aliphatic hydroxyl groups excluding tert-OH is 1. The molecule has 6 heteroatoms. The molecule has 6 nitrogen and oxygen atoms in total. The van der Waals surface area contributed by atoms with Crippen molar-refractivity contribution >= 4 is 11.8 Å². The Bertz CT molecular complexity index is 712. The van der Waals surface area contributed by atoms with Crippen LogP contribution in [-0.4, -0.2) is 66.8 Å². The van der Waals surface area contributed by atoms with Crippen molar-refractivity contribution in [3.63, 3.8) is 0 Å². The zero-order valence-corrected chi connectivity index (χ0v) is 33.7. The predicted molar refractivity (Wildman–Crippen MR) is 213 cm³/mol. The Morgan fingerprint density at radius 3 is 1.24 bits per heavy atom. The maximum Gasteiger partial charge on any atom is 0.220 e. The smallest absolute Gasteiger partial charge is 0.220 e. The van der Waals surface area contributed by atoms with Gasteiger partial charge in [0.05, 0.1) is 38.8 Å². The Balaban J connectivity index is 4.19. The first kappa shape index (κ1) is 47.9. The lowest BCUT2D eigenvalue weighted by Crippen LogP contribution is -2.58. The Morgan fingerprint density at radius 2 is 0.878 bits per heavy atom. The van der Waals surface area contributed by atoms with E-state index in [0.717, 1.165) is 62.8 Å². The largest absolute Gasteiger partial charge is 0.396 e. The minimum atomic E-state index is 0.0584. The molecule has 0 aromatic rings. The third kappa shape index (κ3) is 31.3. The fraction of sp³-hybridized carbons (Fsp3) is 0.953. The molecule has 2 amide bonds. The van der Waals surface area contributed by atoms with E-state index in [9.17, 15) is 14.7 Å². The first-order valence-electron chi connectivity index (χ1n) is 22.0. The maximum atomic E-state index is 12.9. The number of nitrogens with one attached hydrogen (secondary N) is 2. The van der Waals surface area contributed by atoms with Crippen molar-refractivity contribution in [2.75, 3.05) is 39.3 Å². The number of hydrogen-bond acceptors (Lipinski definition) is 3. The van der Waals surface area contributed by atoms with E-state index >= 15 is 0 Å². The summed E-state index contributed by atoms with van der Waals surface area (Å²) in [6.07, 6.45) is 36.9. The third-order valence-corrected chi connectivity index (χ3v) is 10.9. The molecule has 0 aliphatic heterocycles. The molecule has 3 N–H and O–H groups in total. The van der Waals surface area contributed by atoms with Crippen LogP contribution >= 0.6 is 0 Å². The Labute approximate surface area is 306 Å². The average molecular weight is 695 g/mol. The first-order valence-corrected chi connectivity index (χ1v) is 22.0. The van der Waals surface area contributed by atoms with Crippen molar-refractivity contribution in [3.05, 3.63) is 0 Å². The number of carbonyl (C=O) groups excluding carboxylic acids is 2. The summed E-state index contributed by atoms with van der Waals surface area (Å²) in [5.41, 5.74) is 0. The molecule has 292 valence electrons. The summed E-state index contributed by atoms with van der Waals surface area (Å²) >= 11 is 0. The minimum absolute atomic E-state index is 0.0584. The molecule has 0 fully saturated rings. The second-order valence-electron chi connectivity index (χ2n) is 15.3. The van der Waals surface area contributed by atoms with Gasteiger partial charge in [0.15, 0.2) is 0 Å². The van der Waals surface area contributed by atoms with Gasteiger partial charge in [-0.2, -0.15) is 0 Å². The second-order valence-corrected chi connectivity index (χ2v) is 15.3. The van der Waals surface area contributed by atoms with Gasteiger partial charge in [0, 0.05) is 19.4 Å². The van der Waals surface area contributed by atoms with Crippen LogP contribution in [0.25, 0.3) is 0 Å². The Hall–Kier alpha value is -1.14. The van der Waals surface area contributed by atoms with Crippen molar-refractivity contribution in [1.82, 2.24) is 10.6 Å². The predicted octanol–water partition coefficient (Wildman–Crippen LogP) is 11.2. The summed E-state index contributed by atoms with van der Waals surface area (Å²) in [6.45, 7) is 13.5. The molecular weight excluding hydrogens is 606 g/mol. The van der Waals surface area contributed by atoms with E-state index in [1.54, 1.807) is 0 Å². The molecule has 0 rings (SSSR count). The number of quaternary nitrogens is 1. The molecule has 0 radical (unpaired) electrons. The molecule has 0 aromatic carbocycles. The number of hydrogen-bond donors (Lipinski definition) is 3. The molecule has 1 unspecified atom stereocenters. The van der Waals surface area contributed by atoms with Gasteiger partial charge < -0.3 is 20.2 Å². The van der Waals surface area contributed by atoms with Gasteiger partial charge in [-0.3, -0.25) is 9.59 Å². The highest BCUT2D eigenvalue weighted by Gasteiger charge is 2.28. The normalized spacial score (nSPS) is 12.3. The van der Waals surface area contributed by atoms with Crippen molar-refractivity contribution < 1.29 is 19.2 Å². The highest BCUT2D eigenvalue weighted by atomic mass is 16.3. The fourth-order valence-corrected chi connectivity index (χ4v) is 7.33. The lowest BCUT2D eigenvalue weighted by atomic mass is 10.0. The third-order valence-electron chi connectivity index (χ3n) is 10.9. The highest BCUT2D eigenvalue weighted by Crippen LogP contribution is 2.16. The van der Waals surface area contributed by atoms with E-state index in [1.807, 2.05) is 0 Å². The van der Waals surface area contributed by atoms with Crippen molar-refractivity contribution in [3.8, 4) is 0 Å². The van der Waals surface area contributed by atoms with Gasteiger partial charge in [0.1, 0.15) is 0 Å². The zero-order valence-electron chi connectivity index (χ0n) is 33.7.